The van der Waals surface area contributed by atoms with Gasteiger partial charge in [-0.15, -0.1) is 0 Å². The monoisotopic (exact) mass is 266 g/mol. The van der Waals surface area contributed by atoms with Gasteiger partial charge in [0.1, 0.15) is 5.92 Å². The van der Waals surface area contributed by atoms with E-state index in [9.17, 15) is 4.79 Å². The van der Waals surface area contributed by atoms with E-state index in [0.717, 1.165) is 30.3 Å². The first-order valence-corrected chi connectivity index (χ1v) is 7.83. The van der Waals surface area contributed by atoms with Gasteiger partial charge in [0.15, 0.2) is 11.6 Å². The van der Waals surface area contributed by atoms with Crippen LogP contribution in [0, 0.1) is 5.92 Å². The highest BCUT2D eigenvalue weighted by molar-refractivity contribution is 8.00. The van der Waals surface area contributed by atoms with E-state index < -0.39 is 0 Å². The summed E-state index contributed by atoms with van der Waals surface area (Å²) in [7, 11) is 0. The molecule has 3 rings (SSSR count). The van der Waals surface area contributed by atoms with Crippen molar-refractivity contribution >= 4 is 17.5 Å². The van der Waals surface area contributed by atoms with Gasteiger partial charge in [-0.25, -0.2) is 0 Å². The number of carbonyl (C=O) groups is 1. The fraction of sp³-hybridized carbons (Fsp3) is 0.769. The number of nitrogens with zero attached hydrogens (tertiary/aromatic N) is 2. The largest absolute Gasteiger partial charge is 0.339 e. The van der Waals surface area contributed by atoms with Crippen LogP contribution in [0.15, 0.2) is 4.52 Å². The zero-order valence-electron chi connectivity index (χ0n) is 10.6. The smallest absolute Gasteiger partial charge is 0.238 e. The molecule has 2 aliphatic rings. The van der Waals surface area contributed by atoms with Crippen LogP contribution in [0.2, 0.25) is 0 Å². The normalized spacial score (nSPS) is 32.9. The minimum atomic E-state index is -0.154. The first-order valence-electron chi connectivity index (χ1n) is 6.68. The van der Waals surface area contributed by atoms with Crippen LogP contribution in [0.3, 0.4) is 0 Å². The first kappa shape index (κ1) is 12.2. The van der Waals surface area contributed by atoms with Gasteiger partial charge in [0.05, 0.1) is 5.75 Å². The quantitative estimate of drug-likeness (QED) is 0.823. The topological polar surface area (TPSA) is 56.0 Å². The number of hydrogen-bond donors (Lipinski definition) is 0. The minimum Gasteiger partial charge on any atom is -0.339 e. The van der Waals surface area contributed by atoms with Gasteiger partial charge in [-0.2, -0.15) is 16.7 Å². The van der Waals surface area contributed by atoms with Crippen LogP contribution in [-0.4, -0.2) is 27.4 Å². The van der Waals surface area contributed by atoms with Crippen LogP contribution >= 0.6 is 11.8 Å². The Kier molecular flexibility index (Phi) is 3.41. The zero-order chi connectivity index (χ0) is 12.5. The Morgan fingerprint density at radius 2 is 2.06 bits per heavy atom. The molecule has 0 radical (unpaired) electrons. The average Bonchev–Trinajstić information content (AvgIpc) is 2.98. The van der Waals surface area contributed by atoms with E-state index in [1.54, 1.807) is 11.8 Å². The number of rotatable bonds is 2. The summed E-state index contributed by atoms with van der Waals surface area (Å²) < 4.78 is 5.30. The summed E-state index contributed by atoms with van der Waals surface area (Å²) in [6.45, 7) is 2.30. The predicted octanol–water partition coefficient (Wildman–Crippen LogP) is 2.76. The van der Waals surface area contributed by atoms with Crippen LogP contribution in [0.5, 0.6) is 0 Å². The summed E-state index contributed by atoms with van der Waals surface area (Å²) in [6.07, 6.45) is 4.78. The molecule has 1 aromatic rings. The second kappa shape index (κ2) is 5.03. The first-order chi connectivity index (χ1) is 8.74. The highest BCUT2D eigenvalue weighted by Gasteiger charge is 2.33. The van der Waals surface area contributed by atoms with Crippen LogP contribution in [0.25, 0.3) is 0 Å². The van der Waals surface area contributed by atoms with Crippen molar-refractivity contribution < 1.29 is 9.32 Å². The van der Waals surface area contributed by atoms with Crippen molar-refractivity contribution in [3.63, 3.8) is 0 Å². The van der Waals surface area contributed by atoms with Gasteiger partial charge in [0.2, 0.25) is 5.89 Å². The number of aromatic nitrogens is 2. The van der Waals surface area contributed by atoms with E-state index in [1.165, 1.54) is 12.8 Å². The number of Topliss-reactive ketones (excluding diaryl/α,β-unsaturated/α-hetero) is 1. The molecule has 0 spiro atoms. The SMILES string of the molecule is CC1CCC(c2noc(C3CSCC3=O)n2)CC1. The van der Waals surface area contributed by atoms with E-state index in [4.69, 9.17) is 4.52 Å². The maximum atomic E-state index is 11.7. The third kappa shape index (κ3) is 2.32. The lowest BCUT2D eigenvalue weighted by atomic mass is 9.83. The molecule has 1 aliphatic heterocycles. The van der Waals surface area contributed by atoms with Gasteiger partial charge in [-0.3, -0.25) is 4.79 Å². The average molecular weight is 266 g/mol. The van der Waals surface area contributed by atoms with Crippen LogP contribution in [0.4, 0.5) is 0 Å². The molecule has 1 aromatic heterocycles. The van der Waals surface area contributed by atoms with Gasteiger partial charge in [0.25, 0.3) is 0 Å². The molecule has 0 aromatic carbocycles. The molecule has 1 saturated heterocycles. The molecule has 1 saturated carbocycles. The fourth-order valence-electron chi connectivity index (χ4n) is 2.75. The Hall–Kier alpha value is -0.840. The Balaban J connectivity index is 1.71. The molecule has 5 heteroatoms. The Morgan fingerprint density at radius 1 is 1.28 bits per heavy atom. The molecular weight excluding hydrogens is 248 g/mol. The molecule has 0 bridgehead atoms. The Labute approximate surface area is 111 Å². The van der Waals surface area contributed by atoms with Crippen LogP contribution in [0.1, 0.15) is 56.2 Å². The second-order valence-electron chi connectivity index (χ2n) is 5.48. The maximum absolute atomic E-state index is 11.7. The molecule has 0 N–H and O–H groups in total. The second-order valence-corrected chi connectivity index (χ2v) is 6.51. The highest BCUT2D eigenvalue weighted by Crippen LogP contribution is 2.35. The van der Waals surface area contributed by atoms with E-state index in [-0.39, 0.29) is 11.7 Å². The van der Waals surface area contributed by atoms with Crippen molar-refractivity contribution in [3.8, 4) is 0 Å². The van der Waals surface area contributed by atoms with E-state index in [0.29, 0.717) is 17.6 Å². The molecular formula is C13H18N2O2S. The number of hydrogen-bond acceptors (Lipinski definition) is 5. The van der Waals surface area contributed by atoms with Gasteiger partial charge in [-0.1, -0.05) is 24.9 Å². The molecule has 1 aliphatic carbocycles. The number of ketones is 1. The van der Waals surface area contributed by atoms with Crippen LogP contribution < -0.4 is 0 Å². The standard InChI is InChI=1S/C13H18N2O2S/c1-8-2-4-9(5-3-8)12-14-13(17-15-12)10-6-18-7-11(10)16/h8-10H,2-7H2,1H3. The molecule has 1 atom stereocenters. The summed E-state index contributed by atoms with van der Waals surface area (Å²) in [6, 6.07) is 0. The van der Waals surface area contributed by atoms with Crippen molar-refractivity contribution in [1.29, 1.82) is 0 Å². The van der Waals surface area contributed by atoms with Crippen molar-refractivity contribution in [2.24, 2.45) is 5.92 Å². The number of carbonyl (C=O) groups excluding carboxylic acids is 1. The summed E-state index contributed by atoms with van der Waals surface area (Å²) in [5.41, 5.74) is 0. The zero-order valence-corrected chi connectivity index (χ0v) is 11.4. The van der Waals surface area contributed by atoms with Crippen molar-refractivity contribution in [2.45, 2.75) is 44.4 Å². The molecule has 4 nitrogen and oxygen atoms in total. The Bertz CT molecular complexity index is 438. The third-order valence-electron chi connectivity index (χ3n) is 4.05. The van der Waals surface area contributed by atoms with Gasteiger partial charge >= 0.3 is 0 Å². The highest BCUT2D eigenvalue weighted by atomic mass is 32.2. The molecule has 98 valence electrons. The molecule has 18 heavy (non-hydrogen) atoms. The van der Waals surface area contributed by atoms with Gasteiger partial charge in [-0.05, 0) is 18.8 Å². The summed E-state index contributed by atoms with van der Waals surface area (Å²) in [4.78, 5) is 16.1. The van der Waals surface area contributed by atoms with Crippen molar-refractivity contribution in [3.05, 3.63) is 11.7 Å². The summed E-state index contributed by atoms with van der Waals surface area (Å²) in [5, 5.41) is 4.10. The van der Waals surface area contributed by atoms with E-state index in [1.807, 2.05) is 0 Å². The fourth-order valence-corrected chi connectivity index (χ4v) is 3.84. The third-order valence-corrected chi connectivity index (χ3v) is 5.11. The lowest BCUT2D eigenvalue weighted by Crippen LogP contribution is -2.13. The van der Waals surface area contributed by atoms with Crippen molar-refractivity contribution in [2.75, 3.05) is 11.5 Å². The predicted molar refractivity (Wildman–Crippen MR) is 69.7 cm³/mol. The van der Waals surface area contributed by atoms with E-state index in [2.05, 4.69) is 17.1 Å². The summed E-state index contributed by atoms with van der Waals surface area (Å²) >= 11 is 1.65. The van der Waals surface area contributed by atoms with Crippen molar-refractivity contribution in [1.82, 2.24) is 10.1 Å². The van der Waals surface area contributed by atoms with Gasteiger partial charge in [0, 0.05) is 11.7 Å². The molecule has 1 unspecified atom stereocenters. The summed E-state index contributed by atoms with van der Waals surface area (Å²) in [5.74, 6) is 4.07. The minimum absolute atomic E-state index is 0.154. The lowest BCUT2D eigenvalue weighted by Gasteiger charge is -2.23. The van der Waals surface area contributed by atoms with Gasteiger partial charge < -0.3 is 4.52 Å². The van der Waals surface area contributed by atoms with Crippen LogP contribution in [-0.2, 0) is 4.79 Å². The maximum Gasteiger partial charge on any atom is 0.238 e. The molecule has 0 amide bonds. The molecule has 2 heterocycles. The Morgan fingerprint density at radius 3 is 2.72 bits per heavy atom. The number of thioether (sulfide) groups is 1. The molecule has 2 fully saturated rings. The van der Waals surface area contributed by atoms with E-state index >= 15 is 0 Å². The lowest BCUT2D eigenvalue weighted by molar-refractivity contribution is -0.117.